The molecule has 2 amide bonds. The fourth-order valence-corrected chi connectivity index (χ4v) is 2.26. The average Bonchev–Trinajstić information content (AvgIpc) is 2.35. The van der Waals surface area contributed by atoms with Crippen LogP contribution < -0.4 is 5.32 Å². The van der Waals surface area contributed by atoms with Gasteiger partial charge in [0.1, 0.15) is 0 Å². The van der Waals surface area contributed by atoms with E-state index in [0.717, 1.165) is 0 Å². The van der Waals surface area contributed by atoms with Crippen molar-refractivity contribution in [1.82, 2.24) is 10.2 Å². The van der Waals surface area contributed by atoms with Crippen LogP contribution in [0.4, 0.5) is 0 Å². The van der Waals surface area contributed by atoms with Crippen molar-refractivity contribution < 1.29 is 9.59 Å². The van der Waals surface area contributed by atoms with Gasteiger partial charge in [-0.1, -0.05) is 23.2 Å². The van der Waals surface area contributed by atoms with E-state index in [1.54, 1.807) is 19.1 Å². The predicted octanol–water partition coefficient (Wildman–Crippen LogP) is 1.87. The van der Waals surface area contributed by atoms with Gasteiger partial charge >= 0.3 is 0 Å². The summed E-state index contributed by atoms with van der Waals surface area (Å²) in [6.07, 6.45) is 0. The van der Waals surface area contributed by atoms with Crippen molar-refractivity contribution in [2.75, 3.05) is 19.6 Å². The molecule has 0 spiro atoms. The third kappa shape index (κ3) is 2.44. The van der Waals surface area contributed by atoms with E-state index in [1.165, 1.54) is 4.90 Å². The second-order valence-electron chi connectivity index (χ2n) is 4.11. The van der Waals surface area contributed by atoms with E-state index in [1.807, 2.05) is 0 Å². The molecule has 1 N–H and O–H groups in total. The zero-order valence-corrected chi connectivity index (χ0v) is 11.3. The van der Waals surface area contributed by atoms with E-state index < -0.39 is 0 Å². The molecule has 1 aliphatic heterocycles. The van der Waals surface area contributed by atoms with Gasteiger partial charge in [0.25, 0.3) is 5.91 Å². The molecule has 0 aliphatic carbocycles. The monoisotopic (exact) mass is 286 g/mol. The summed E-state index contributed by atoms with van der Waals surface area (Å²) in [7, 11) is 0. The maximum Gasteiger partial charge on any atom is 0.255 e. The Balaban J connectivity index is 2.29. The van der Waals surface area contributed by atoms with Gasteiger partial charge in [0.2, 0.25) is 5.91 Å². The molecule has 0 atom stereocenters. The number of rotatable bonds is 1. The fraction of sp³-hybridized carbons (Fsp3) is 0.333. The highest BCUT2D eigenvalue weighted by atomic mass is 35.5. The lowest BCUT2D eigenvalue weighted by atomic mass is 10.1. The molecule has 1 heterocycles. The molecule has 6 heteroatoms. The smallest absolute Gasteiger partial charge is 0.255 e. The van der Waals surface area contributed by atoms with Crippen molar-refractivity contribution in [2.45, 2.75) is 6.92 Å². The van der Waals surface area contributed by atoms with E-state index >= 15 is 0 Å². The van der Waals surface area contributed by atoms with E-state index in [4.69, 9.17) is 23.2 Å². The van der Waals surface area contributed by atoms with Gasteiger partial charge in [-0.2, -0.15) is 0 Å². The molecular formula is C12H12Cl2N2O2. The minimum Gasteiger partial charge on any atom is -0.353 e. The zero-order valence-electron chi connectivity index (χ0n) is 9.80. The number of nitrogens with one attached hydrogen (secondary N) is 1. The number of hydrogen-bond donors (Lipinski definition) is 1. The molecule has 96 valence electrons. The fourth-order valence-electron chi connectivity index (χ4n) is 1.81. The third-order valence-electron chi connectivity index (χ3n) is 2.88. The molecule has 0 aromatic heterocycles. The normalized spacial score (nSPS) is 15.5. The Morgan fingerprint density at radius 1 is 1.39 bits per heavy atom. The van der Waals surface area contributed by atoms with Crippen molar-refractivity contribution in [3.8, 4) is 0 Å². The molecule has 4 nitrogen and oxygen atoms in total. The minimum absolute atomic E-state index is 0.0663. The maximum atomic E-state index is 12.2. The van der Waals surface area contributed by atoms with Gasteiger partial charge in [-0.05, 0) is 24.6 Å². The molecule has 2 rings (SSSR count). The van der Waals surface area contributed by atoms with Crippen LogP contribution in [0.25, 0.3) is 0 Å². The first-order chi connectivity index (χ1) is 8.50. The first kappa shape index (κ1) is 13.2. The number of halogens is 2. The van der Waals surface area contributed by atoms with Gasteiger partial charge in [0, 0.05) is 18.1 Å². The summed E-state index contributed by atoms with van der Waals surface area (Å²) in [5.74, 6) is -0.397. The van der Waals surface area contributed by atoms with Gasteiger partial charge in [-0.15, -0.1) is 0 Å². The van der Waals surface area contributed by atoms with Crippen LogP contribution in [-0.4, -0.2) is 36.3 Å². The highest BCUT2D eigenvalue weighted by Gasteiger charge is 2.24. The van der Waals surface area contributed by atoms with E-state index in [2.05, 4.69) is 5.32 Å². The van der Waals surface area contributed by atoms with Crippen LogP contribution in [0.1, 0.15) is 15.9 Å². The topological polar surface area (TPSA) is 49.4 Å². The molecule has 1 saturated heterocycles. The number of carbonyl (C=O) groups is 2. The van der Waals surface area contributed by atoms with Crippen LogP contribution in [0.5, 0.6) is 0 Å². The number of nitrogens with zero attached hydrogens (tertiary/aromatic N) is 1. The SMILES string of the molecule is Cc1c(Cl)ccc(C(=O)N2CCNC(=O)C2)c1Cl. The van der Waals surface area contributed by atoms with Crippen molar-refractivity contribution >= 4 is 35.0 Å². The van der Waals surface area contributed by atoms with Gasteiger partial charge in [0.15, 0.2) is 0 Å². The number of benzene rings is 1. The molecule has 1 fully saturated rings. The molecule has 1 aromatic carbocycles. The molecule has 0 radical (unpaired) electrons. The van der Waals surface area contributed by atoms with E-state index in [-0.39, 0.29) is 18.4 Å². The van der Waals surface area contributed by atoms with Crippen molar-refractivity contribution in [3.63, 3.8) is 0 Å². The quantitative estimate of drug-likeness (QED) is 0.857. The third-order valence-corrected chi connectivity index (χ3v) is 3.77. The lowest BCUT2D eigenvalue weighted by molar-refractivity contribution is -0.123. The maximum absolute atomic E-state index is 12.2. The average molecular weight is 287 g/mol. The minimum atomic E-state index is -0.241. The Morgan fingerprint density at radius 3 is 2.78 bits per heavy atom. The van der Waals surface area contributed by atoms with Crippen LogP contribution in [-0.2, 0) is 4.79 Å². The molecule has 0 saturated carbocycles. The largest absolute Gasteiger partial charge is 0.353 e. The standard InChI is InChI=1S/C12H12Cl2N2O2/c1-7-9(13)3-2-8(11(7)14)12(18)16-5-4-15-10(17)6-16/h2-3H,4-6H2,1H3,(H,15,17). The van der Waals surface area contributed by atoms with Gasteiger partial charge in [-0.3, -0.25) is 9.59 Å². The summed E-state index contributed by atoms with van der Waals surface area (Å²) in [5.41, 5.74) is 1.05. The first-order valence-corrected chi connectivity index (χ1v) is 6.27. The van der Waals surface area contributed by atoms with Crippen LogP contribution in [0, 0.1) is 6.92 Å². The van der Waals surface area contributed by atoms with E-state index in [9.17, 15) is 9.59 Å². The second-order valence-corrected chi connectivity index (χ2v) is 4.90. The van der Waals surface area contributed by atoms with Crippen LogP contribution in [0.15, 0.2) is 12.1 Å². The predicted molar refractivity (Wildman–Crippen MR) is 70.1 cm³/mol. The number of piperazine rings is 1. The molecular weight excluding hydrogens is 275 g/mol. The van der Waals surface area contributed by atoms with Crippen molar-refractivity contribution in [1.29, 1.82) is 0 Å². The molecule has 18 heavy (non-hydrogen) atoms. The molecule has 1 aliphatic rings. The van der Waals surface area contributed by atoms with Crippen molar-refractivity contribution in [3.05, 3.63) is 33.3 Å². The molecule has 0 bridgehead atoms. The number of carbonyl (C=O) groups excluding carboxylic acids is 2. The summed E-state index contributed by atoms with van der Waals surface area (Å²) in [4.78, 5) is 25.0. The first-order valence-electron chi connectivity index (χ1n) is 5.51. The lowest BCUT2D eigenvalue weighted by Crippen LogP contribution is -2.50. The number of amides is 2. The van der Waals surface area contributed by atoms with E-state index in [0.29, 0.717) is 34.3 Å². The zero-order chi connectivity index (χ0) is 13.3. The molecule has 1 aromatic rings. The van der Waals surface area contributed by atoms with Crippen LogP contribution in [0.2, 0.25) is 10.0 Å². The Labute approximate surface area is 115 Å². The van der Waals surface area contributed by atoms with Gasteiger partial charge < -0.3 is 10.2 Å². The Morgan fingerprint density at radius 2 is 2.11 bits per heavy atom. The second kappa shape index (κ2) is 5.16. The van der Waals surface area contributed by atoms with Gasteiger partial charge in [-0.25, -0.2) is 0 Å². The van der Waals surface area contributed by atoms with Gasteiger partial charge in [0.05, 0.1) is 17.1 Å². The summed E-state index contributed by atoms with van der Waals surface area (Å²) in [6, 6.07) is 3.23. The summed E-state index contributed by atoms with van der Waals surface area (Å²) in [6.45, 7) is 2.78. The Hall–Kier alpha value is -1.26. The summed E-state index contributed by atoms with van der Waals surface area (Å²) >= 11 is 12.0. The van der Waals surface area contributed by atoms with Crippen LogP contribution >= 0.6 is 23.2 Å². The van der Waals surface area contributed by atoms with Crippen molar-refractivity contribution in [2.24, 2.45) is 0 Å². The Kier molecular flexibility index (Phi) is 3.78. The highest BCUT2D eigenvalue weighted by molar-refractivity contribution is 6.38. The summed E-state index contributed by atoms with van der Waals surface area (Å²) in [5, 5.41) is 3.53. The number of hydrogen-bond acceptors (Lipinski definition) is 2. The Bertz CT molecular complexity index is 517. The molecule has 0 unspecified atom stereocenters. The van der Waals surface area contributed by atoms with Crippen LogP contribution in [0.3, 0.4) is 0 Å². The lowest BCUT2D eigenvalue weighted by Gasteiger charge is -2.27. The summed E-state index contributed by atoms with van der Waals surface area (Å²) < 4.78 is 0. The highest BCUT2D eigenvalue weighted by Crippen LogP contribution is 2.28.